The summed E-state index contributed by atoms with van der Waals surface area (Å²) < 4.78 is 0. The average Bonchev–Trinajstić information content (AvgIpc) is 1.89. The molecule has 0 spiro atoms. The molecule has 1 rings (SSSR count). The van der Waals surface area contributed by atoms with E-state index in [1.54, 1.807) is 0 Å². The van der Waals surface area contributed by atoms with Gasteiger partial charge in [0.15, 0.2) is 0 Å². The molecule has 0 fully saturated rings. The van der Waals surface area contributed by atoms with Crippen molar-refractivity contribution >= 4 is 12.4 Å². The molecule has 0 aromatic heterocycles. The Hall–Kier alpha value is -1.11. The van der Waals surface area contributed by atoms with Crippen LogP contribution in [0.25, 0.3) is 0 Å². The molecule has 0 aliphatic rings. The monoisotopic (exact) mass is 118 g/mol. The quantitative estimate of drug-likeness (QED) is 0.396. The Morgan fingerprint density at radius 1 is 1.33 bits per heavy atom. The number of nitrogens with zero attached hydrogens (tertiary/aromatic N) is 1. The molecule has 0 saturated heterocycles. The van der Waals surface area contributed by atoms with E-state index in [-0.39, 0.29) is 0 Å². The fourth-order valence-electron chi connectivity index (χ4n) is 0.708. The molecular formula is C8H8N-. The van der Waals surface area contributed by atoms with Crippen LogP contribution in [-0.4, -0.2) is 6.72 Å². The molecule has 0 amide bonds. The van der Waals surface area contributed by atoms with Gasteiger partial charge in [0.2, 0.25) is 0 Å². The number of benzene rings is 1. The van der Waals surface area contributed by atoms with Crippen molar-refractivity contribution in [3.8, 4) is 0 Å². The third-order valence-electron chi connectivity index (χ3n) is 1.25. The van der Waals surface area contributed by atoms with E-state index in [9.17, 15) is 0 Å². The van der Waals surface area contributed by atoms with E-state index in [0.29, 0.717) is 0 Å². The summed E-state index contributed by atoms with van der Waals surface area (Å²) >= 11 is 0. The van der Waals surface area contributed by atoms with E-state index in [0.717, 1.165) is 11.3 Å². The molecule has 9 heavy (non-hydrogen) atoms. The molecule has 0 radical (unpaired) electrons. The lowest BCUT2D eigenvalue weighted by Gasteiger charge is -2.04. The van der Waals surface area contributed by atoms with E-state index < -0.39 is 0 Å². The number of hydrogen-bond donors (Lipinski definition) is 0. The number of rotatable bonds is 1. The van der Waals surface area contributed by atoms with Crippen LogP contribution in [-0.2, 0) is 0 Å². The smallest absolute Gasteiger partial charge is 0.0547 e. The summed E-state index contributed by atoms with van der Waals surface area (Å²) in [4.78, 5) is 3.57. The predicted molar refractivity (Wildman–Crippen MR) is 39.3 cm³/mol. The second-order valence-corrected chi connectivity index (χ2v) is 1.92. The molecule has 0 N–H and O–H groups in total. The van der Waals surface area contributed by atoms with Crippen molar-refractivity contribution in [2.45, 2.75) is 6.92 Å². The first-order chi connectivity index (χ1) is 4.34. The van der Waals surface area contributed by atoms with Gasteiger partial charge in [-0.2, -0.15) is 6.72 Å². The number of hydrogen-bond acceptors (Lipinski definition) is 1. The van der Waals surface area contributed by atoms with Crippen LogP contribution in [0.1, 0.15) is 5.56 Å². The number of aliphatic imine (C=N–C) groups is 1. The number of aryl methyl sites for hydroxylation is 1. The fourth-order valence-corrected chi connectivity index (χ4v) is 0.708. The Balaban J connectivity index is 3.15. The van der Waals surface area contributed by atoms with Crippen molar-refractivity contribution in [2.24, 2.45) is 4.99 Å². The summed E-state index contributed by atoms with van der Waals surface area (Å²) in [6.07, 6.45) is 0. The highest BCUT2D eigenvalue weighted by molar-refractivity contribution is 5.50. The topological polar surface area (TPSA) is 12.4 Å². The van der Waals surface area contributed by atoms with Gasteiger partial charge in [0.1, 0.15) is 0 Å². The van der Waals surface area contributed by atoms with Crippen molar-refractivity contribution in [3.05, 3.63) is 29.8 Å². The van der Waals surface area contributed by atoms with Crippen LogP contribution in [0.5, 0.6) is 0 Å². The summed E-state index contributed by atoms with van der Waals surface area (Å²) in [6, 6.07) is 7.74. The zero-order chi connectivity index (χ0) is 6.69. The van der Waals surface area contributed by atoms with Crippen LogP contribution in [0.2, 0.25) is 0 Å². The standard InChI is InChI=1S/C8H8N/c1-7-5-3-4-6-8(7)9-2/h2-6H,1H3/q-1. The average molecular weight is 118 g/mol. The lowest BCUT2D eigenvalue weighted by molar-refractivity contribution is 1.41. The minimum Gasteiger partial charge on any atom is -0.459 e. The Kier molecular flexibility index (Phi) is 1.63. The second kappa shape index (κ2) is 2.44. The van der Waals surface area contributed by atoms with E-state index in [1.165, 1.54) is 0 Å². The van der Waals surface area contributed by atoms with Gasteiger partial charge in [0.05, 0.1) is 0 Å². The van der Waals surface area contributed by atoms with Crippen LogP contribution in [0.4, 0.5) is 5.69 Å². The van der Waals surface area contributed by atoms with Crippen LogP contribution in [0, 0.1) is 6.92 Å². The van der Waals surface area contributed by atoms with Crippen LogP contribution >= 0.6 is 0 Å². The van der Waals surface area contributed by atoms with Gasteiger partial charge < -0.3 is 4.99 Å². The largest absolute Gasteiger partial charge is 0.459 e. The fraction of sp³-hybridized carbons (Fsp3) is 0.125. The molecule has 0 unspecified atom stereocenters. The van der Waals surface area contributed by atoms with Gasteiger partial charge >= 0.3 is 0 Å². The highest BCUT2D eigenvalue weighted by atomic mass is 14.7. The van der Waals surface area contributed by atoms with Gasteiger partial charge in [0, 0.05) is 0 Å². The molecule has 0 atom stereocenters. The Labute approximate surface area is 55.1 Å². The minimum absolute atomic E-state index is 0.859. The van der Waals surface area contributed by atoms with Gasteiger partial charge in [-0.05, 0) is 0 Å². The molecule has 1 aromatic carbocycles. The van der Waals surface area contributed by atoms with Gasteiger partial charge in [-0.3, -0.25) is 0 Å². The van der Waals surface area contributed by atoms with Crippen LogP contribution < -0.4 is 0 Å². The maximum Gasteiger partial charge on any atom is -0.0547 e. The molecule has 1 heteroatoms. The SMILES string of the molecule is [CH-]=Nc1ccccc1C. The third kappa shape index (κ3) is 1.17. The molecule has 0 saturated carbocycles. The Bertz CT molecular complexity index is 216. The number of para-hydroxylation sites is 1. The van der Waals surface area contributed by atoms with E-state index in [1.807, 2.05) is 31.2 Å². The van der Waals surface area contributed by atoms with Gasteiger partial charge in [-0.15, -0.1) is 11.6 Å². The zero-order valence-corrected chi connectivity index (χ0v) is 5.33. The van der Waals surface area contributed by atoms with Gasteiger partial charge in [0.25, 0.3) is 0 Å². The zero-order valence-electron chi connectivity index (χ0n) is 5.33. The molecule has 0 bridgehead atoms. The van der Waals surface area contributed by atoms with Crippen LogP contribution in [0.3, 0.4) is 0 Å². The summed E-state index contributed by atoms with van der Waals surface area (Å²) in [5, 5.41) is 0. The molecule has 46 valence electrons. The van der Waals surface area contributed by atoms with Crippen LogP contribution in [0.15, 0.2) is 29.3 Å². The molecule has 0 heterocycles. The minimum atomic E-state index is 0.859. The summed E-state index contributed by atoms with van der Waals surface area (Å²) in [5.74, 6) is 0. The molecule has 0 aliphatic carbocycles. The predicted octanol–water partition coefficient (Wildman–Crippen LogP) is 2.20. The van der Waals surface area contributed by atoms with Gasteiger partial charge in [-0.1, -0.05) is 30.8 Å². The first-order valence-electron chi connectivity index (χ1n) is 2.81. The van der Waals surface area contributed by atoms with E-state index in [4.69, 9.17) is 6.72 Å². The summed E-state index contributed by atoms with van der Waals surface area (Å²) in [5.41, 5.74) is 1.97. The van der Waals surface area contributed by atoms with E-state index >= 15 is 0 Å². The van der Waals surface area contributed by atoms with Crippen molar-refractivity contribution < 1.29 is 0 Å². The maximum atomic E-state index is 5.08. The van der Waals surface area contributed by atoms with Crippen molar-refractivity contribution in [2.75, 3.05) is 0 Å². The van der Waals surface area contributed by atoms with Crippen molar-refractivity contribution in [1.82, 2.24) is 0 Å². The molecule has 1 aromatic rings. The first kappa shape index (κ1) is 6.02. The lowest BCUT2D eigenvalue weighted by Crippen LogP contribution is -1.69. The Morgan fingerprint density at radius 2 is 2.00 bits per heavy atom. The highest BCUT2D eigenvalue weighted by Gasteiger charge is 1.79. The second-order valence-electron chi connectivity index (χ2n) is 1.92. The molecule has 0 aliphatic heterocycles. The van der Waals surface area contributed by atoms with Gasteiger partial charge in [-0.25, -0.2) is 0 Å². The van der Waals surface area contributed by atoms with E-state index in [2.05, 4.69) is 4.99 Å². The molecule has 1 nitrogen and oxygen atoms in total. The normalized spacial score (nSPS) is 9.00. The van der Waals surface area contributed by atoms with Crippen molar-refractivity contribution in [3.63, 3.8) is 0 Å². The summed E-state index contributed by atoms with van der Waals surface area (Å²) in [6.45, 7) is 7.05. The van der Waals surface area contributed by atoms with Crippen molar-refractivity contribution in [1.29, 1.82) is 0 Å². The highest BCUT2D eigenvalue weighted by Crippen LogP contribution is 2.15. The maximum absolute atomic E-state index is 5.08. The summed E-state index contributed by atoms with van der Waals surface area (Å²) in [7, 11) is 0. The third-order valence-corrected chi connectivity index (χ3v) is 1.25. The Morgan fingerprint density at radius 3 is 2.44 bits per heavy atom. The molecular weight excluding hydrogens is 110 g/mol. The first-order valence-corrected chi connectivity index (χ1v) is 2.81. The lowest BCUT2D eigenvalue weighted by atomic mass is 10.2.